The van der Waals surface area contributed by atoms with Gasteiger partial charge in [-0.2, -0.15) is 0 Å². The summed E-state index contributed by atoms with van der Waals surface area (Å²) in [6, 6.07) is 4.61. The van der Waals surface area contributed by atoms with E-state index in [1.54, 1.807) is 19.3 Å². The largest absolute Gasteiger partial charge is 0.372 e. The molecule has 102 valence electrons. The predicted octanol–water partition coefficient (Wildman–Crippen LogP) is 2.96. The van der Waals surface area contributed by atoms with Crippen molar-refractivity contribution in [1.29, 1.82) is 0 Å². The number of nitrogens with zero attached hydrogens (tertiary/aromatic N) is 3. The Morgan fingerprint density at radius 1 is 1.30 bits per heavy atom. The third-order valence-electron chi connectivity index (χ3n) is 3.08. The summed E-state index contributed by atoms with van der Waals surface area (Å²) < 4.78 is 15.2. The van der Waals surface area contributed by atoms with Crippen LogP contribution in [0.4, 0.5) is 21.7 Å². The van der Waals surface area contributed by atoms with Gasteiger partial charge in [0.1, 0.15) is 11.6 Å². The molecule has 6 heteroatoms. The quantitative estimate of drug-likeness (QED) is 0.769. The summed E-state index contributed by atoms with van der Waals surface area (Å²) >= 11 is 0. The predicted molar refractivity (Wildman–Crippen MR) is 77.0 cm³/mol. The van der Waals surface area contributed by atoms with E-state index in [-0.39, 0.29) is 5.82 Å². The molecule has 0 atom stereocenters. The summed E-state index contributed by atoms with van der Waals surface area (Å²) in [5.41, 5.74) is 2.30. The first-order chi connectivity index (χ1) is 9.67. The van der Waals surface area contributed by atoms with Gasteiger partial charge >= 0.3 is 0 Å². The number of anilines is 3. The van der Waals surface area contributed by atoms with Gasteiger partial charge < -0.3 is 15.0 Å². The lowest BCUT2D eigenvalue weighted by Crippen LogP contribution is -2.03. The molecule has 0 saturated heterocycles. The Hall–Kier alpha value is -2.63. The Balaban J connectivity index is 2.09. The van der Waals surface area contributed by atoms with Crippen LogP contribution in [0.1, 0.15) is 5.56 Å². The highest BCUT2D eigenvalue weighted by Crippen LogP contribution is 2.24. The van der Waals surface area contributed by atoms with Crippen molar-refractivity contribution in [3.8, 4) is 0 Å². The van der Waals surface area contributed by atoms with Crippen molar-refractivity contribution in [2.24, 2.45) is 0 Å². The zero-order valence-corrected chi connectivity index (χ0v) is 11.2. The standard InChI is InChI=1S/C14H14FN5/c1-9-3-4-10(15)7-11(9)18-13-14-17-5-6-20(14)8-12(16-2)19-13/h3-8,16H,1-2H3,(H,18,19). The van der Waals surface area contributed by atoms with Gasteiger partial charge in [-0.25, -0.2) is 14.4 Å². The van der Waals surface area contributed by atoms with Gasteiger partial charge in [0, 0.05) is 25.1 Å². The number of benzene rings is 1. The lowest BCUT2D eigenvalue weighted by molar-refractivity contribution is 0.628. The first-order valence-electron chi connectivity index (χ1n) is 6.22. The molecule has 0 radical (unpaired) electrons. The average molecular weight is 271 g/mol. The molecule has 0 fully saturated rings. The van der Waals surface area contributed by atoms with E-state index in [1.165, 1.54) is 12.1 Å². The second-order valence-corrected chi connectivity index (χ2v) is 4.47. The number of fused-ring (bicyclic) bond motifs is 1. The summed E-state index contributed by atoms with van der Waals surface area (Å²) in [5, 5.41) is 6.13. The van der Waals surface area contributed by atoms with Crippen molar-refractivity contribution in [3.05, 3.63) is 48.2 Å². The van der Waals surface area contributed by atoms with Gasteiger partial charge in [0.2, 0.25) is 0 Å². The van der Waals surface area contributed by atoms with Gasteiger partial charge in [-0.05, 0) is 24.6 Å². The Morgan fingerprint density at radius 3 is 2.95 bits per heavy atom. The molecule has 2 aromatic heterocycles. The third kappa shape index (κ3) is 2.16. The number of halogens is 1. The van der Waals surface area contributed by atoms with Crippen molar-refractivity contribution in [1.82, 2.24) is 14.4 Å². The van der Waals surface area contributed by atoms with E-state index in [9.17, 15) is 4.39 Å². The molecule has 0 aliphatic carbocycles. The minimum Gasteiger partial charge on any atom is -0.372 e. The van der Waals surface area contributed by atoms with Gasteiger partial charge in [0.25, 0.3) is 0 Å². The summed E-state index contributed by atoms with van der Waals surface area (Å²) in [4.78, 5) is 8.69. The Morgan fingerprint density at radius 2 is 2.15 bits per heavy atom. The maximum Gasteiger partial charge on any atom is 0.180 e. The van der Waals surface area contributed by atoms with Crippen molar-refractivity contribution in [2.75, 3.05) is 17.7 Å². The van der Waals surface area contributed by atoms with Crippen LogP contribution in [0.25, 0.3) is 5.65 Å². The Labute approximate surface area is 115 Å². The number of aromatic nitrogens is 3. The summed E-state index contributed by atoms with van der Waals surface area (Å²) in [7, 11) is 1.79. The number of rotatable bonds is 3. The van der Waals surface area contributed by atoms with Crippen molar-refractivity contribution < 1.29 is 4.39 Å². The van der Waals surface area contributed by atoms with Crippen LogP contribution in [0.15, 0.2) is 36.8 Å². The van der Waals surface area contributed by atoms with E-state index in [4.69, 9.17) is 0 Å². The normalized spacial score (nSPS) is 10.8. The minimum absolute atomic E-state index is 0.290. The molecule has 3 aromatic rings. The van der Waals surface area contributed by atoms with Gasteiger partial charge in [-0.3, -0.25) is 0 Å². The molecule has 2 N–H and O–H groups in total. The molecule has 0 amide bonds. The fourth-order valence-corrected chi connectivity index (χ4v) is 1.99. The number of aryl methyl sites for hydroxylation is 1. The SMILES string of the molecule is CNc1cn2ccnc2c(Nc2cc(F)ccc2C)n1. The molecule has 0 spiro atoms. The molecule has 1 aromatic carbocycles. The lowest BCUT2D eigenvalue weighted by Gasteiger charge is -2.11. The molecule has 0 bridgehead atoms. The maximum atomic E-state index is 13.4. The molecule has 0 aliphatic rings. The minimum atomic E-state index is -0.290. The molecule has 5 nitrogen and oxygen atoms in total. The second kappa shape index (κ2) is 4.80. The molecule has 0 saturated carbocycles. The van der Waals surface area contributed by atoms with Crippen LogP contribution in [0, 0.1) is 12.7 Å². The van der Waals surface area contributed by atoms with Crippen LogP contribution in [0.2, 0.25) is 0 Å². The van der Waals surface area contributed by atoms with Crippen LogP contribution in [-0.2, 0) is 0 Å². The molecular weight excluding hydrogens is 257 g/mol. The average Bonchev–Trinajstić information content (AvgIpc) is 2.91. The van der Waals surface area contributed by atoms with Gasteiger partial charge in [-0.15, -0.1) is 0 Å². The first kappa shape index (κ1) is 12.4. The first-order valence-corrected chi connectivity index (χ1v) is 6.22. The topological polar surface area (TPSA) is 54.2 Å². The molecule has 0 unspecified atom stereocenters. The van der Waals surface area contributed by atoms with Crippen LogP contribution >= 0.6 is 0 Å². The highest BCUT2D eigenvalue weighted by Gasteiger charge is 2.09. The van der Waals surface area contributed by atoms with E-state index in [1.807, 2.05) is 23.7 Å². The zero-order chi connectivity index (χ0) is 14.1. The van der Waals surface area contributed by atoms with E-state index in [0.717, 1.165) is 5.56 Å². The van der Waals surface area contributed by atoms with Crippen molar-refractivity contribution in [2.45, 2.75) is 6.92 Å². The molecule has 0 aliphatic heterocycles. The van der Waals surface area contributed by atoms with Crippen LogP contribution in [0.5, 0.6) is 0 Å². The number of hydrogen-bond acceptors (Lipinski definition) is 4. The van der Waals surface area contributed by atoms with E-state index >= 15 is 0 Å². The second-order valence-electron chi connectivity index (χ2n) is 4.47. The van der Waals surface area contributed by atoms with E-state index in [2.05, 4.69) is 20.6 Å². The Kier molecular flexibility index (Phi) is 2.98. The monoisotopic (exact) mass is 271 g/mol. The number of imidazole rings is 1. The highest BCUT2D eigenvalue weighted by molar-refractivity contribution is 5.72. The Bertz CT molecular complexity index is 765. The van der Waals surface area contributed by atoms with Gasteiger partial charge in [-0.1, -0.05) is 6.07 Å². The molecule has 3 rings (SSSR count). The smallest absolute Gasteiger partial charge is 0.180 e. The summed E-state index contributed by atoms with van der Waals surface area (Å²) in [5.74, 6) is 0.991. The maximum absolute atomic E-state index is 13.4. The van der Waals surface area contributed by atoms with Crippen LogP contribution < -0.4 is 10.6 Å². The van der Waals surface area contributed by atoms with Gasteiger partial charge in [0.05, 0.1) is 6.20 Å². The zero-order valence-electron chi connectivity index (χ0n) is 11.2. The van der Waals surface area contributed by atoms with Crippen molar-refractivity contribution in [3.63, 3.8) is 0 Å². The van der Waals surface area contributed by atoms with Crippen molar-refractivity contribution >= 4 is 23.0 Å². The summed E-state index contributed by atoms with van der Waals surface area (Å²) in [6.45, 7) is 1.91. The highest BCUT2D eigenvalue weighted by atomic mass is 19.1. The molecule has 2 heterocycles. The van der Waals surface area contributed by atoms with Gasteiger partial charge in [0.15, 0.2) is 11.5 Å². The molecule has 20 heavy (non-hydrogen) atoms. The number of hydrogen-bond donors (Lipinski definition) is 2. The van der Waals surface area contributed by atoms with E-state index in [0.29, 0.717) is 23.0 Å². The lowest BCUT2D eigenvalue weighted by atomic mass is 10.2. The third-order valence-corrected chi connectivity index (χ3v) is 3.08. The van der Waals surface area contributed by atoms with Crippen LogP contribution in [0.3, 0.4) is 0 Å². The fourth-order valence-electron chi connectivity index (χ4n) is 1.99. The van der Waals surface area contributed by atoms with E-state index < -0.39 is 0 Å². The number of nitrogens with one attached hydrogen (secondary N) is 2. The fraction of sp³-hybridized carbons (Fsp3) is 0.143. The van der Waals surface area contributed by atoms with Crippen LogP contribution in [-0.4, -0.2) is 21.4 Å². The molecular formula is C14H14FN5. The summed E-state index contributed by atoms with van der Waals surface area (Å²) in [6.07, 6.45) is 5.37.